The summed E-state index contributed by atoms with van der Waals surface area (Å²) < 4.78 is 2.32. The summed E-state index contributed by atoms with van der Waals surface area (Å²) in [5.74, 6) is 1.08. The van der Waals surface area contributed by atoms with E-state index in [0.717, 1.165) is 55.7 Å². The molecule has 8 aromatic rings. The van der Waals surface area contributed by atoms with Crippen molar-refractivity contribution < 1.29 is 5.11 Å². The van der Waals surface area contributed by atoms with Crippen LogP contribution >= 0.6 is 0 Å². The predicted molar refractivity (Wildman–Crippen MR) is 185 cm³/mol. The first kappa shape index (κ1) is 26.9. The largest absolute Gasteiger partial charge is 0.506 e. The van der Waals surface area contributed by atoms with E-state index < -0.39 is 5.41 Å². The SMILES string of the molecule is CC(C)(c1ccc2c3ccccc3n(-c3nccc(-c4ccccc4)c3-c3ccccc3)c2c1)c1ccc2cccc(O)c2n1. The van der Waals surface area contributed by atoms with Crippen LogP contribution in [0, 0.1) is 0 Å². The number of phenols is 1. The van der Waals surface area contributed by atoms with Gasteiger partial charge in [-0.25, -0.2) is 9.97 Å². The van der Waals surface area contributed by atoms with Gasteiger partial charge in [-0.3, -0.25) is 4.57 Å². The van der Waals surface area contributed by atoms with Crippen LogP contribution < -0.4 is 0 Å². The fourth-order valence-electron chi connectivity index (χ4n) is 6.58. The van der Waals surface area contributed by atoms with Crippen LogP contribution in [0.4, 0.5) is 0 Å². The minimum atomic E-state index is -0.437. The van der Waals surface area contributed by atoms with Crippen molar-refractivity contribution in [1.29, 1.82) is 0 Å². The molecule has 0 bridgehead atoms. The third kappa shape index (κ3) is 4.37. The maximum atomic E-state index is 10.6. The minimum absolute atomic E-state index is 0.193. The molecule has 5 aromatic carbocycles. The van der Waals surface area contributed by atoms with Crippen LogP contribution in [-0.2, 0) is 5.41 Å². The highest BCUT2D eigenvalue weighted by atomic mass is 16.3. The third-order valence-electron chi connectivity index (χ3n) is 9.02. The van der Waals surface area contributed by atoms with Crippen molar-refractivity contribution in [3.05, 3.63) is 157 Å². The van der Waals surface area contributed by atoms with Crippen molar-refractivity contribution in [2.24, 2.45) is 0 Å². The Hall–Kier alpha value is -5.74. The van der Waals surface area contributed by atoms with Crippen LogP contribution in [0.2, 0.25) is 0 Å². The molecule has 0 atom stereocenters. The maximum Gasteiger partial charge on any atom is 0.146 e. The van der Waals surface area contributed by atoms with Gasteiger partial charge in [0, 0.05) is 33.3 Å². The normalized spacial score (nSPS) is 11.9. The molecule has 0 spiro atoms. The Kier molecular flexibility index (Phi) is 6.24. The quantitative estimate of drug-likeness (QED) is 0.220. The van der Waals surface area contributed by atoms with E-state index in [9.17, 15) is 5.11 Å². The number of para-hydroxylation sites is 2. The molecule has 3 aromatic heterocycles. The predicted octanol–water partition coefficient (Wildman–Crippen LogP) is 10.1. The number of aromatic nitrogens is 3. The number of phenolic OH excluding ortho intramolecular Hbond substituents is 1. The van der Waals surface area contributed by atoms with Crippen molar-refractivity contribution in [1.82, 2.24) is 14.5 Å². The summed E-state index contributed by atoms with van der Waals surface area (Å²) in [5.41, 5.74) is 8.87. The second-order valence-electron chi connectivity index (χ2n) is 12.0. The van der Waals surface area contributed by atoms with Crippen LogP contribution in [-0.4, -0.2) is 19.6 Å². The van der Waals surface area contributed by atoms with E-state index in [2.05, 4.69) is 134 Å². The fourth-order valence-corrected chi connectivity index (χ4v) is 6.58. The second-order valence-corrected chi connectivity index (χ2v) is 12.0. The average Bonchev–Trinajstić information content (AvgIpc) is 3.42. The Morgan fingerprint density at radius 1 is 0.622 bits per heavy atom. The van der Waals surface area contributed by atoms with Crippen molar-refractivity contribution in [2.45, 2.75) is 19.3 Å². The number of benzene rings is 5. The van der Waals surface area contributed by atoms with Gasteiger partial charge in [-0.05, 0) is 52.6 Å². The molecule has 4 nitrogen and oxygen atoms in total. The molecule has 0 aliphatic heterocycles. The van der Waals surface area contributed by atoms with Crippen molar-refractivity contribution in [3.63, 3.8) is 0 Å². The van der Waals surface area contributed by atoms with E-state index in [-0.39, 0.29) is 5.75 Å². The Labute approximate surface area is 261 Å². The van der Waals surface area contributed by atoms with Gasteiger partial charge in [-0.1, -0.05) is 123 Å². The van der Waals surface area contributed by atoms with E-state index in [0.29, 0.717) is 5.52 Å². The number of aromatic hydroxyl groups is 1. The molecule has 45 heavy (non-hydrogen) atoms. The first-order chi connectivity index (χ1) is 22.0. The zero-order valence-electron chi connectivity index (χ0n) is 25.1. The number of rotatable bonds is 5. The molecular formula is C41H31N3O. The lowest BCUT2D eigenvalue weighted by Crippen LogP contribution is -2.20. The zero-order valence-corrected chi connectivity index (χ0v) is 25.1. The van der Waals surface area contributed by atoms with Gasteiger partial charge in [0.2, 0.25) is 0 Å². The van der Waals surface area contributed by atoms with E-state index in [1.807, 2.05) is 24.4 Å². The number of hydrogen-bond donors (Lipinski definition) is 1. The smallest absolute Gasteiger partial charge is 0.146 e. The number of pyridine rings is 2. The van der Waals surface area contributed by atoms with Crippen LogP contribution in [0.5, 0.6) is 5.75 Å². The Morgan fingerprint density at radius 3 is 2.13 bits per heavy atom. The van der Waals surface area contributed by atoms with E-state index >= 15 is 0 Å². The standard InChI is InChI=1S/C41H31N3O/c1-41(2,37-23-20-29-16-11-19-36(45)39(29)43-37)30-21-22-33-32-17-9-10-18-34(32)44(35(33)26-30)40-38(28-14-7-4-8-15-28)31(24-25-42-40)27-12-5-3-6-13-27/h3-26,45H,1-2H3. The first-order valence-electron chi connectivity index (χ1n) is 15.2. The number of nitrogens with zero attached hydrogens (tertiary/aromatic N) is 3. The van der Waals surface area contributed by atoms with Gasteiger partial charge in [0.1, 0.15) is 17.1 Å². The Morgan fingerprint density at radius 2 is 1.33 bits per heavy atom. The summed E-state index contributed by atoms with van der Waals surface area (Å²) in [6.07, 6.45) is 1.92. The molecule has 0 unspecified atom stereocenters. The molecule has 0 aliphatic carbocycles. The van der Waals surface area contributed by atoms with E-state index in [4.69, 9.17) is 9.97 Å². The summed E-state index contributed by atoms with van der Waals surface area (Å²) in [5, 5.41) is 13.8. The summed E-state index contributed by atoms with van der Waals surface area (Å²) in [4.78, 5) is 10.1. The lowest BCUT2D eigenvalue weighted by atomic mass is 9.80. The fraction of sp³-hybridized carbons (Fsp3) is 0.0732. The Balaban J connectivity index is 1.41. The molecule has 216 valence electrons. The van der Waals surface area contributed by atoms with Gasteiger partial charge in [-0.2, -0.15) is 0 Å². The van der Waals surface area contributed by atoms with Gasteiger partial charge in [0.15, 0.2) is 0 Å². The molecule has 8 rings (SSSR count). The number of hydrogen-bond acceptors (Lipinski definition) is 3. The topological polar surface area (TPSA) is 50.9 Å². The van der Waals surface area contributed by atoms with Gasteiger partial charge < -0.3 is 5.11 Å². The zero-order chi connectivity index (χ0) is 30.5. The van der Waals surface area contributed by atoms with Gasteiger partial charge in [0.05, 0.1) is 16.7 Å². The van der Waals surface area contributed by atoms with Crippen molar-refractivity contribution in [2.75, 3.05) is 0 Å². The minimum Gasteiger partial charge on any atom is -0.506 e. The molecule has 0 amide bonds. The highest BCUT2D eigenvalue weighted by Crippen LogP contribution is 2.42. The van der Waals surface area contributed by atoms with Crippen LogP contribution in [0.25, 0.3) is 60.8 Å². The molecule has 4 heteroatoms. The first-order valence-corrected chi connectivity index (χ1v) is 15.2. The summed E-state index contributed by atoms with van der Waals surface area (Å²) >= 11 is 0. The van der Waals surface area contributed by atoms with Crippen molar-refractivity contribution in [3.8, 4) is 33.8 Å². The van der Waals surface area contributed by atoms with Crippen LogP contribution in [0.1, 0.15) is 25.1 Å². The van der Waals surface area contributed by atoms with Gasteiger partial charge >= 0.3 is 0 Å². The molecule has 0 fully saturated rings. The lowest BCUT2D eigenvalue weighted by molar-refractivity contribution is 0.480. The lowest BCUT2D eigenvalue weighted by Gasteiger charge is -2.26. The highest BCUT2D eigenvalue weighted by molar-refractivity contribution is 6.10. The van der Waals surface area contributed by atoms with Crippen molar-refractivity contribution >= 4 is 32.7 Å². The van der Waals surface area contributed by atoms with Gasteiger partial charge in [0.25, 0.3) is 0 Å². The van der Waals surface area contributed by atoms with Crippen LogP contribution in [0.3, 0.4) is 0 Å². The molecule has 0 radical (unpaired) electrons. The molecule has 0 saturated carbocycles. The van der Waals surface area contributed by atoms with Crippen LogP contribution in [0.15, 0.2) is 146 Å². The van der Waals surface area contributed by atoms with E-state index in [1.165, 1.54) is 10.8 Å². The molecular weight excluding hydrogens is 550 g/mol. The van der Waals surface area contributed by atoms with E-state index in [1.54, 1.807) is 6.07 Å². The number of fused-ring (bicyclic) bond motifs is 4. The molecule has 0 saturated heterocycles. The monoisotopic (exact) mass is 581 g/mol. The average molecular weight is 582 g/mol. The molecule has 0 aliphatic rings. The maximum absolute atomic E-state index is 10.6. The highest BCUT2D eigenvalue weighted by Gasteiger charge is 2.27. The molecule has 3 heterocycles. The molecule has 1 N–H and O–H groups in total. The summed E-state index contributed by atoms with van der Waals surface area (Å²) in [6, 6.07) is 48.1. The van der Waals surface area contributed by atoms with Gasteiger partial charge in [-0.15, -0.1) is 0 Å². The second kappa shape index (κ2) is 10.5. The summed E-state index contributed by atoms with van der Waals surface area (Å²) in [6.45, 7) is 4.39. The Bertz CT molecular complexity index is 2360. The summed E-state index contributed by atoms with van der Waals surface area (Å²) in [7, 11) is 0. The third-order valence-corrected chi connectivity index (χ3v) is 9.02.